The zero-order chi connectivity index (χ0) is 15.8. The van der Waals surface area contributed by atoms with Gasteiger partial charge in [-0.2, -0.15) is 4.52 Å². The fraction of sp³-hybridized carbons (Fsp3) is 0. The Morgan fingerprint density at radius 3 is 2.26 bits per heavy atom. The third-order valence-electron chi connectivity index (χ3n) is 3.69. The fourth-order valence-electron chi connectivity index (χ4n) is 2.66. The predicted molar refractivity (Wildman–Crippen MR) is 91.2 cm³/mol. The Morgan fingerprint density at radius 1 is 0.913 bits per heavy atom. The van der Waals surface area contributed by atoms with Crippen molar-refractivity contribution in [3.63, 3.8) is 0 Å². The second-order valence-corrected chi connectivity index (χ2v) is 5.53. The smallest absolute Gasteiger partial charge is 0.266 e. The summed E-state index contributed by atoms with van der Waals surface area (Å²) in [4.78, 5) is 16.8. The monoisotopic (exact) mass is 321 g/mol. The van der Waals surface area contributed by atoms with Gasteiger partial charge in [0.15, 0.2) is 5.65 Å². The second kappa shape index (κ2) is 5.41. The predicted octanol–water partition coefficient (Wildman–Crippen LogP) is 3.81. The molecule has 4 nitrogen and oxygen atoms in total. The molecule has 0 unspecified atom stereocenters. The van der Waals surface area contributed by atoms with Crippen molar-refractivity contribution >= 4 is 17.2 Å². The minimum atomic E-state index is -0.289. The molecule has 0 saturated carbocycles. The van der Waals surface area contributed by atoms with E-state index in [0.29, 0.717) is 5.65 Å². The van der Waals surface area contributed by atoms with Crippen molar-refractivity contribution in [3.8, 4) is 16.9 Å². The molecule has 4 rings (SSSR count). The molecule has 2 heterocycles. The molecule has 23 heavy (non-hydrogen) atoms. The van der Waals surface area contributed by atoms with Crippen molar-refractivity contribution in [1.29, 1.82) is 0 Å². The first kappa shape index (κ1) is 13.8. The number of nitrogens with zero attached hydrogens (tertiary/aromatic N) is 3. The molecule has 0 aliphatic rings. The highest BCUT2D eigenvalue weighted by Gasteiger charge is 2.15. The van der Waals surface area contributed by atoms with Crippen LogP contribution in [0.5, 0.6) is 0 Å². The summed E-state index contributed by atoms with van der Waals surface area (Å²) in [7, 11) is 0. The minimum Gasteiger partial charge on any atom is -0.266 e. The molecule has 112 valence electrons. The first-order chi connectivity index (χ1) is 11.3. The lowest BCUT2D eigenvalue weighted by Gasteiger charge is -2.11. The number of fused-ring (bicyclic) bond motifs is 1. The van der Waals surface area contributed by atoms with Gasteiger partial charge < -0.3 is 0 Å². The fourth-order valence-corrected chi connectivity index (χ4v) is 2.79. The Morgan fingerprint density at radius 2 is 1.57 bits per heavy atom. The largest absolute Gasteiger partial charge is 0.291 e. The summed E-state index contributed by atoms with van der Waals surface area (Å²) in [5, 5.41) is 0.0948. The van der Waals surface area contributed by atoms with Crippen LogP contribution in [0.25, 0.3) is 22.6 Å². The van der Waals surface area contributed by atoms with Crippen molar-refractivity contribution in [2.45, 2.75) is 0 Å². The average Bonchev–Trinajstić information content (AvgIpc) is 3.00. The molecule has 2 aromatic carbocycles. The third-order valence-corrected chi connectivity index (χ3v) is 3.95. The first-order valence-corrected chi connectivity index (χ1v) is 7.53. The van der Waals surface area contributed by atoms with Gasteiger partial charge in [-0.3, -0.25) is 4.79 Å². The first-order valence-electron chi connectivity index (χ1n) is 7.16. The summed E-state index contributed by atoms with van der Waals surface area (Å²) in [6, 6.07) is 21.5. The van der Waals surface area contributed by atoms with Crippen molar-refractivity contribution in [1.82, 2.24) is 14.2 Å². The zero-order valence-corrected chi connectivity index (χ0v) is 12.8. The molecule has 0 aliphatic heterocycles. The number of benzene rings is 2. The van der Waals surface area contributed by atoms with Crippen molar-refractivity contribution in [2.24, 2.45) is 0 Å². The molecule has 0 spiro atoms. The van der Waals surface area contributed by atoms with Crippen LogP contribution in [0.2, 0.25) is 5.02 Å². The van der Waals surface area contributed by atoms with E-state index in [4.69, 9.17) is 11.6 Å². The Kier molecular flexibility index (Phi) is 3.24. The summed E-state index contributed by atoms with van der Waals surface area (Å²) >= 11 is 5.99. The molecule has 0 bridgehead atoms. The molecule has 4 aromatic rings. The summed E-state index contributed by atoms with van der Waals surface area (Å²) in [5.74, 6) is 0. The van der Waals surface area contributed by atoms with Gasteiger partial charge in [0.05, 0.1) is 17.6 Å². The summed E-state index contributed by atoms with van der Waals surface area (Å²) in [6.07, 6.45) is 1.39. The van der Waals surface area contributed by atoms with Gasteiger partial charge in [-0.1, -0.05) is 60.1 Å². The van der Waals surface area contributed by atoms with Crippen LogP contribution >= 0.6 is 11.6 Å². The minimum absolute atomic E-state index is 0.0948. The summed E-state index contributed by atoms with van der Waals surface area (Å²) in [5.41, 5.74) is 3.01. The Bertz CT molecular complexity index is 1040. The molecule has 0 atom stereocenters. The molecule has 0 radical (unpaired) electrons. The van der Waals surface area contributed by atoms with Gasteiger partial charge in [-0.25, -0.2) is 9.67 Å². The zero-order valence-electron chi connectivity index (χ0n) is 12.1. The maximum atomic E-state index is 12.5. The molecule has 0 fully saturated rings. The maximum Gasteiger partial charge on any atom is 0.291 e. The van der Waals surface area contributed by atoms with Gasteiger partial charge in [0, 0.05) is 11.6 Å². The summed E-state index contributed by atoms with van der Waals surface area (Å²) in [6.45, 7) is 0. The Hall–Kier alpha value is -2.85. The van der Waals surface area contributed by atoms with Gasteiger partial charge in [0.1, 0.15) is 5.02 Å². The van der Waals surface area contributed by atoms with E-state index in [2.05, 4.69) is 4.98 Å². The van der Waals surface area contributed by atoms with Gasteiger partial charge in [-0.05, 0) is 12.1 Å². The van der Waals surface area contributed by atoms with Crippen molar-refractivity contribution in [3.05, 3.63) is 88.3 Å². The van der Waals surface area contributed by atoms with Crippen LogP contribution in [-0.2, 0) is 0 Å². The number of rotatable bonds is 2. The van der Waals surface area contributed by atoms with Crippen LogP contribution in [-0.4, -0.2) is 14.2 Å². The molecular weight excluding hydrogens is 310 g/mol. The van der Waals surface area contributed by atoms with E-state index >= 15 is 0 Å². The van der Waals surface area contributed by atoms with Gasteiger partial charge in [0.2, 0.25) is 0 Å². The lowest BCUT2D eigenvalue weighted by Crippen LogP contribution is -2.21. The molecule has 5 heteroatoms. The van der Waals surface area contributed by atoms with Crippen LogP contribution in [0.15, 0.2) is 77.7 Å². The molecule has 0 amide bonds. The lowest BCUT2D eigenvalue weighted by atomic mass is 10.1. The van der Waals surface area contributed by atoms with Crippen LogP contribution in [0.3, 0.4) is 0 Å². The van der Waals surface area contributed by atoms with Crippen molar-refractivity contribution in [2.75, 3.05) is 0 Å². The van der Waals surface area contributed by atoms with Crippen LogP contribution in [0.1, 0.15) is 0 Å². The number of hydrogen-bond acceptors (Lipinski definition) is 2. The van der Waals surface area contributed by atoms with Crippen molar-refractivity contribution < 1.29 is 0 Å². The quantitative estimate of drug-likeness (QED) is 0.563. The van der Waals surface area contributed by atoms with Crippen LogP contribution in [0, 0.1) is 0 Å². The lowest BCUT2D eigenvalue weighted by molar-refractivity contribution is 0.770. The highest BCUT2D eigenvalue weighted by atomic mass is 35.5. The van der Waals surface area contributed by atoms with E-state index in [1.165, 1.54) is 10.7 Å². The Labute approximate surface area is 137 Å². The van der Waals surface area contributed by atoms with E-state index in [9.17, 15) is 4.79 Å². The van der Waals surface area contributed by atoms with Crippen LogP contribution < -0.4 is 5.56 Å². The number of hydrogen-bond donors (Lipinski definition) is 0. The van der Waals surface area contributed by atoms with E-state index in [1.807, 2.05) is 71.4 Å². The highest BCUT2D eigenvalue weighted by Crippen LogP contribution is 2.25. The topological polar surface area (TPSA) is 39.3 Å². The maximum absolute atomic E-state index is 12.5. The second-order valence-electron chi connectivity index (χ2n) is 5.12. The number of para-hydroxylation sites is 1. The molecular formula is C18H12ClN3O. The highest BCUT2D eigenvalue weighted by molar-refractivity contribution is 6.30. The standard InChI is InChI=1S/C18H12ClN3O/c19-15-12-20-17-11-16(13-7-3-1-4-8-13)21(22(17)18(15)23)14-9-5-2-6-10-14/h1-12H. The molecule has 0 aliphatic carbocycles. The van der Waals surface area contributed by atoms with Crippen LogP contribution in [0.4, 0.5) is 0 Å². The molecule has 0 N–H and O–H groups in total. The third kappa shape index (κ3) is 2.24. The van der Waals surface area contributed by atoms with Gasteiger partial charge in [-0.15, -0.1) is 0 Å². The van der Waals surface area contributed by atoms with E-state index < -0.39 is 0 Å². The van der Waals surface area contributed by atoms with E-state index in [0.717, 1.165) is 16.9 Å². The summed E-state index contributed by atoms with van der Waals surface area (Å²) < 4.78 is 3.34. The normalized spacial score (nSPS) is 11.0. The SMILES string of the molecule is O=c1c(Cl)cnc2cc(-c3ccccc3)n(-c3ccccc3)n12. The molecule has 0 saturated heterocycles. The van der Waals surface area contributed by atoms with E-state index in [-0.39, 0.29) is 10.6 Å². The number of aromatic nitrogens is 3. The molecule has 2 aromatic heterocycles. The average molecular weight is 322 g/mol. The van der Waals surface area contributed by atoms with Gasteiger partial charge >= 0.3 is 0 Å². The number of halogens is 1. The van der Waals surface area contributed by atoms with E-state index in [1.54, 1.807) is 0 Å². The van der Waals surface area contributed by atoms with Gasteiger partial charge in [0.25, 0.3) is 5.56 Å². The Balaban J connectivity index is 2.15.